The second-order valence-electron chi connectivity index (χ2n) is 7.08. The molecule has 0 heterocycles. The molecule has 1 atom stereocenters. The van der Waals surface area contributed by atoms with E-state index in [1.54, 1.807) is 13.2 Å². The first-order chi connectivity index (χ1) is 13.9. The van der Waals surface area contributed by atoms with Gasteiger partial charge in [-0.2, -0.15) is 0 Å². The van der Waals surface area contributed by atoms with E-state index in [1.807, 2.05) is 56.3 Å². The lowest BCUT2D eigenvalue weighted by atomic mass is 10.1. The topological polar surface area (TPSA) is 103 Å². The summed E-state index contributed by atoms with van der Waals surface area (Å²) in [4.78, 5) is 23.9. The highest BCUT2D eigenvalue weighted by Crippen LogP contribution is 2.14. The Morgan fingerprint density at radius 2 is 1.70 bits per heavy atom. The number of amides is 2. The highest BCUT2D eigenvalue weighted by atomic mass is 35.5. The third-order valence-corrected chi connectivity index (χ3v) is 4.35. The van der Waals surface area contributed by atoms with E-state index < -0.39 is 6.04 Å². The summed E-state index contributed by atoms with van der Waals surface area (Å²) in [5, 5.41) is 5.31. The Bertz CT molecular complexity index is 812. The lowest BCUT2D eigenvalue weighted by Crippen LogP contribution is -2.46. The van der Waals surface area contributed by atoms with Crippen molar-refractivity contribution in [2.45, 2.75) is 33.1 Å². The number of methoxy groups -OCH3 is 1. The Labute approximate surface area is 183 Å². The zero-order valence-corrected chi connectivity index (χ0v) is 18.3. The van der Waals surface area contributed by atoms with Crippen LogP contribution in [0.25, 0.3) is 0 Å². The molecule has 0 aliphatic rings. The fourth-order valence-corrected chi connectivity index (χ4v) is 2.54. The van der Waals surface area contributed by atoms with E-state index in [4.69, 9.17) is 15.2 Å². The predicted molar refractivity (Wildman–Crippen MR) is 120 cm³/mol. The largest absolute Gasteiger partial charge is 0.497 e. The molecule has 0 saturated carbocycles. The summed E-state index contributed by atoms with van der Waals surface area (Å²) in [6, 6.07) is 14.4. The van der Waals surface area contributed by atoms with Gasteiger partial charge in [0.1, 0.15) is 5.75 Å². The smallest absolute Gasteiger partial charge is 0.243 e. The van der Waals surface area contributed by atoms with E-state index in [2.05, 4.69) is 10.6 Å². The number of carbonyl (C=O) groups is 2. The summed E-state index contributed by atoms with van der Waals surface area (Å²) in [7, 11) is 1.63. The molecule has 8 heteroatoms. The van der Waals surface area contributed by atoms with Crippen molar-refractivity contribution in [2.75, 3.05) is 19.0 Å². The average molecular weight is 436 g/mol. The van der Waals surface area contributed by atoms with Gasteiger partial charge in [-0.1, -0.05) is 38.1 Å². The predicted octanol–water partition coefficient (Wildman–Crippen LogP) is 2.87. The third-order valence-electron chi connectivity index (χ3n) is 4.35. The van der Waals surface area contributed by atoms with Crippen LogP contribution < -0.4 is 21.1 Å². The molecule has 164 valence electrons. The molecule has 30 heavy (non-hydrogen) atoms. The van der Waals surface area contributed by atoms with Gasteiger partial charge in [0.2, 0.25) is 11.8 Å². The van der Waals surface area contributed by atoms with Crippen molar-refractivity contribution in [2.24, 2.45) is 11.7 Å². The fourth-order valence-electron chi connectivity index (χ4n) is 2.54. The Morgan fingerprint density at radius 1 is 1.03 bits per heavy atom. The van der Waals surface area contributed by atoms with E-state index in [1.165, 1.54) is 0 Å². The molecule has 0 aromatic heterocycles. The van der Waals surface area contributed by atoms with Crippen LogP contribution in [0.5, 0.6) is 5.75 Å². The number of nitrogens with two attached hydrogens (primary N) is 1. The molecular weight excluding hydrogens is 406 g/mol. The number of rotatable bonds is 10. The van der Waals surface area contributed by atoms with Crippen LogP contribution in [-0.4, -0.2) is 31.5 Å². The summed E-state index contributed by atoms with van der Waals surface area (Å²) >= 11 is 0. The molecule has 0 aliphatic heterocycles. The number of ether oxygens (including phenoxy) is 2. The minimum Gasteiger partial charge on any atom is -0.497 e. The summed E-state index contributed by atoms with van der Waals surface area (Å²) in [6.45, 7) is 4.47. The Kier molecular flexibility index (Phi) is 10.9. The number of benzene rings is 2. The van der Waals surface area contributed by atoms with Crippen molar-refractivity contribution in [1.29, 1.82) is 0 Å². The van der Waals surface area contributed by atoms with Crippen LogP contribution in [0.4, 0.5) is 5.69 Å². The van der Waals surface area contributed by atoms with Gasteiger partial charge in [-0.25, -0.2) is 0 Å². The normalized spacial score (nSPS) is 11.4. The van der Waals surface area contributed by atoms with Gasteiger partial charge in [-0.15, -0.1) is 12.4 Å². The number of carbonyl (C=O) groups excluding carboxylic acids is 2. The van der Waals surface area contributed by atoms with Crippen LogP contribution in [0.3, 0.4) is 0 Å². The second-order valence-corrected chi connectivity index (χ2v) is 7.08. The molecule has 4 N–H and O–H groups in total. The molecular formula is C22H30ClN3O4. The van der Waals surface area contributed by atoms with E-state index in [-0.39, 0.29) is 36.7 Å². The summed E-state index contributed by atoms with van der Waals surface area (Å²) in [6.07, 6.45) is 0. The van der Waals surface area contributed by atoms with Crippen molar-refractivity contribution in [3.63, 3.8) is 0 Å². The first-order valence-electron chi connectivity index (χ1n) is 9.51. The fraction of sp³-hybridized carbons (Fsp3) is 0.364. The van der Waals surface area contributed by atoms with Gasteiger partial charge < -0.3 is 25.8 Å². The number of halogens is 1. The van der Waals surface area contributed by atoms with Crippen LogP contribution in [0.1, 0.15) is 25.0 Å². The van der Waals surface area contributed by atoms with Crippen molar-refractivity contribution < 1.29 is 19.1 Å². The highest BCUT2D eigenvalue weighted by molar-refractivity contribution is 5.95. The number of anilines is 1. The minimum absolute atomic E-state index is 0. The van der Waals surface area contributed by atoms with E-state index >= 15 is 0 Å². The molecule has 2 rings (SSSR count). The van der Waals surface area contributed by atoms with Gasteiger partial charge in [0.15, 0.2) is 0 Å². The van der Waals surface area contributed by atoms with E-state index in [0.29, 0.717) is 18.9 Å². The van der Waals surface area contributed by atoms with E-state index in [9.17, 15) is 9.59 Å². The van der Waals surface area contributed by atoms with Gasteiger partial charge >= 0.3 is 0 Å². The molecule has 0 radical (unpaired) electrons. The number of hydrogen-bond acceptors (Lipinski definition) is 5. The second kappa shape index (κ2) is 12.8. The standard InChI is InChI=1S/C22H29N3O4.ClH/c1-15(2)21(23)22(27)24-12-20(26)25-18-6-4-5-17(11-18)14-29-13-16-7-9-19(28-3)10-8-16;/h4-11,15,21H,12-14,23H2,1-3H3,(H,24,27)(H,25,26);1H/t21-;/m0./s1. The van der Waals surface area contributed by atoms with Crippen LogP contribution in [-0.2, 0) is 27.5 Å². The summed E-state index contributed by atoms with van der Waals surface area (Å²) in [5.41, 5.74) is 8.38. The van der Waals surface area contributed by atoms with Crippen LogP contribution >= 0.6 is 12.4 Å². The molecule has 0 saturated heterocycles. The lowest BCUT2D eigenvalue weighted by Gasteiger charge is -2.15. The molecule has 0 unspecified atom stereocenters. The van der Waals surface area contributed by atoms with Gasteiger partial charge in [-0.3, -0.25) is 9.59 Å². The Morgan fingerprint density at radius 3 is 2.33 bits per heavy atom. The Balaban J connectivity index is 0.00000450. The van der Waals surface area contributed by atoms with Crippen molar-refractivity contribution in [3.05, 3.63) is 59.7 Å². The number of nitrogens with one attached hydrogen (secondary N) is 2. The maximum Gasteiger partial charge on any atom is 0.243 e. The Hall–Kier alpha value is -2.61. The third kappa shape index (κ3) is 8.41. The molecule has 2 aromatic rings. The quantitative estimate of drug-likeness (QED) is 0.532. The SMILES string of the molecule is COc1ccc(COCc2cccc(NC(=O)CNC(=O)[C@@H](N)C(C)C)c2)cc1.Cl. The monoisotopic (exact) mass is 435 g/mol. The van der Waals surface area contributed by atoms with Crippen LogP contribution in [0, 0.1) is 5.92 Å². The lowest BCUT2D eigenvalue weighted by molar-refractivity contribution is -0.125. The first-order valence-corrected chi connectivity index (χ1v) is 9.51. The summed E-state index contributed by atoms with van der Waals surface area (Å²) < 4.78 is 10.9. The number of hydrogen-bond donors (Lipinski definition) is 3. The van der Waals surface area contributed by atoms with Crippen molar-refractivity contribution >= 4 is 29.9 Å². The van der Waals surface area contributed by atoms with Crippen molar-refractivity contribution in [3.8, 4) is 5.75 Å². The maximum atomic E-state index is 12.1. The van der Waals surface area contributed by atoms with Gasteiger partial charge in [-0.05, 0) is 41.3 Å². The maximum absolute atomic E-state index is 12.1. The summed E-state index contributed by atoms with van der Waals surface area (Å²) in [5.74, 6) is 0.161. The molecule has 2 amide bonds. The van der Waals surface area contributed by atoms with Crippen LogP contribution in [0.15, 0.2) is 48.5 Å². The minimum atomic E-state index is -0.631. The average Bonchev–Trinajstić information content (AvgIpc) is 2.72. The molecule has 0 aliphatic carbocycles. The zero-order chi connectivity index (χ0) is 21.2. The molecule has 0 bridgehead atoms. The van der Waals surface area contributed by atoms with Gasteiger partial charge in [0.05, 0.1) is 32.9 Å². The zero-order valence-electron chi connectivity index (χ0n) is 17.5. The van der Waals surface area contributed by atoms with Gasteiger partial charge in [0.25, 0.3) is 0 Å². The molecule has 7 nitrogen and oxygen atoms in total. The first kappa shape index (κ1) is 25.4. The molecule has 2 aromatic carbocycles. The van der Waals surface area contributed by atoms with Crippen molar-refractivity contribution in [1.82, 2.24) is 5.32 Å². The van der Waals surface area contributed by atoms with Gasteiger partial charge in [0, 0.05) is 5.69 Å². The molecule has 0 spiro atoms. The van der Waals surface area contributed by atoms with E-state index in [0.717, 1.165) is 16.9 Å². The highest BCUT2D eigenvalue weighted by Gasteiger charge is 2.17. The molecule has 0 fully saturated rings. The van der Waals surface area contributed by atoms with Crippen LogP contribution in [0.2, 0.25) is 0 Å².